The number of rotatable bonds is 3. The smallest absolute Gasteiger partial charge is 0.142 e. The zero-order valence-corrected chi connectivity index (χ0v) is 10.4. The molecule has 1 N–H and O–H groups in total. The van der Waals surface area contributed by atoms with Crippen molar-refractivity contribution in [2.24, 2.45) is 0 Å². The topological polar surface area (TPSA) is 21.3 Å². The molecule has 0 fully saturated rings. The van der Waals surface area contributed by atoms with Crippen LogP contribution >= 0.6 is 0 Å². The second-order valence-electron chi connectivity index (χ2n) is 4.72. The first-order chi connectivity index (χ1) is 7.49. The van der Waals surface area contributed by atoms with Crippen LogP contribution in [-0.2, 0) is 5.41 Å². The predicted octanol–water partition coefficient (Wildman–Crippen LogP) is 3.04. The number of methoxy groups -OCH3 is 1. The SMILES string of the molecule is C#CCNc1ccc(C(C)(C)C)cc1OC. The van der Waals surface area contributed by atoms with Crippen LogP contribution < -0.4 is 10.1 Å². The van der Waals surface area contributed by atoms with Gasteiger partial charge in [0.25, 0.3) is 0 Å². The summed E-state index contributed by atoms with van der Waals surface area (Å²) in [4.78, 5) is 0. The predicted molar refractivity (Wildman–Crippen MR) is 69.0 cm³/mol. The minimum atomic E-state index is 0.123. The van der Waals surface area contributed by atoms with E-state index in [-0.39, 0.29) is 5.41 Å². The van der Waals surface area contributed by atoms with Crippen LogP contribution in [-0.4, -0.2) is 13.7 Å². The molecule has 1 rings (SSSR count). The van der Waals surface area contributed by atoms with Crippen molar-refractivity contribution in [3.63, 3.8) is 0 Å². The van der Waals surface area contributed by atoms with E-state index >= 15 is 0 Å². The van der Waals surface area contributed by atoms with Gasteiger partial charge >= 0.3 is 0 Å². The number of nitrogens with one attached hydrogen (secondary N) is 1. The Kier molecular flexibility index (Phi) is 3.84. The first-order valence-electron chi connectivity index (χ1n) is 5.35. The van der Waals surface area contributed by atoms with Crippen LogP contribution in [0, 0.1) is 12.3 Å². The third kappa shape index (κ3) is 2.93. The molecular formula is C14H19NO. The molecule has 2 heteroatoms. The molecule has 0 amide bonds. The van der Waals surface area contributed by atoms with E-state index in [2.05, 4.69) is 44.1 Å². The largest absolute Gasteiger partial charge is 0.495 e. The molecule has 0 unspecified atom stereocenters. The van der Waals surface area contributed by atoms with Crippen molar-refractivity contribution in [3.8, 4) is 18.1 Å². The van der Waals surface area contributed by atoms with E-state index in [0.717, 1.165) is 11.4 Å². The molecule has 0 bridgehead atoms. The lowest BCUT2D eigenvalue weighted by atomic mass is 9.87. The van der Waals surface area contributed by atoms with Gasteiger partial charge in [-0.05, 0) is 23.1 Å². The highest BCUT2D eigenvalue weighted by Gasteiger charge is 2.15. The van der Waals surface area contributed by atoms with E-state index in [1.807, 2.05) is 6.07 Å². The molecule has 0 saturated carbocycles. The maximum atomic E-state index is 5.35. The normalized spacial score (nSPS) is 10.7. The standard InChI is InChI=1S/C14H19NO/c1-6-9-15-12-8-7-11(14(2,3)4)10-13(12)16-5/h1,7-8,10,15H,9H2,2-5H3. The highest BCUT2D eigenvalue weighted by molar-refractivity contribution is 5.59. The van der Waals surface area contributed by atoms with Crippen molar-refractivity contribution in [1.29, 1.82) is 0 Å². The maximum Gasteiger partial charge on any atom is 0.142 e. The van der Waals surface area contributed by atoms with Gasteiger partial charge in [-0.2, -0.15) is 0 Å². The summed E-state index contributed by atoms with van der Waals surface area (Å²) < 4.78 is 5.35. The lowest BCUT2D eigenvalue weighted by Crippen LogP contribution is -2.11. The Balaban J connectivity index is 3.03. The molecule has 1 aromatic carbocycles. The van der Waals surface area contributed by atoms with Crippen LogP contribution in [0.25, 0.3) is 0 Å². The quantitative estimate of drug-likeness (QED) is 0.786. The van der Waals surface area contributed by atoms with Crippen LogP contribution in [0.2, 0.25) is 0 Å². The fourth-order valence-electron chi connectivity index (χ4n) is 1.45. The van der Waals surface area contributed by atoms with Crippen LogP contribution in [0.1, 0.15) is 26.3 Å². The van der Waals surface area contributed by atoms with Gasteiger partial charge in [0.2, 0.25) is 0 Å². The van der Waals surface area contributed by atoms with Crippen LogP contribution in [0.15, 0.2) is 18.2 Å². The number of hydrogen-bond acceptors (Lipinski definition) is 2. The molecule has 0 aliphatic heterocycles. The molecule has 0 atom stereocenters. The van der Waals surface area contributed by atoms with E-state index in [1.165, 1.54) is 5.56 Å². The van der Waals surface area contributed by atoms with Crippen molar-refractivity contribution in [1.82, 2.24) is 0 Å². The van der Waals surface area contributed by atoms with E-state index in [9.17, 15) is 0 Å². The molecule has 86 valence electrons. The summed E-state index contributed by atoms with van der Waals surface area (Å²) in [6.45, 7) is 7.04. The molecule has 0 spiro atoms. The van der Waals surface area contributed by atoms with E-state index in [0.29, 0.717) is 6.54 Å². The van der Waals surface area contributed by atoms with Crippen molar-refractivity contribution >= 4 is 5.69 Å². The van der Waals surface area contributed by atoms with E-state index < -0.39 is 0 Å². The minimum absolute atomic E-state index is 0.123. The number of anilines is 1. The average Bonchev–Trinajstić information content (AvgIpc) is 2.24. The van der Waals surface area contributed by atoms with Crippen molar-refractivity contribution < 1.29 is 4.74 Å². The Morgan fingerprint density at radius 1 is 1.38 bits per heavy atom. The van der Waals surface area contributed by atoms with Crippen molar-refractivity contribution in [2.75, 3.05) is 19.0 Å². The second-order valence-corrected chi connectivity index (χ2v) is 4.72. The Morgan fingerprint density at radius 3 is 2.56 bits per heavy atom. The lowest BCUT2D eigenvalue weighted by molar-refractivity contribution is 0.414. The minimum Gasteiger partial charge on any atom is -0.495 e. The van der Waals surface area contributed by atoms with Gasteiger partial charge in [-0.25, -0.2) is 0 Å². The summed E-state index contributed by atoms with van der Waals surface area (Å²) in [5.74, 6) is 3.38. The Morgan fingerprint density at radius 2 is 2.06 bits per heavy atom. The number of ether oxygens (including phenoxy) is 1. The molecule has 0 radical (unpaired) electrons. The fraction of sp³-hybridized carbons (Fsp3) is 0.429. The third-order valence-electron chi connectivity index (χ3n) is 2.45. The van der Waals surface area contributed by atoms with Gasteiger partial charge in [0.05, 0.1) is 19.3 Å². The molecule has 0 heterocycles. The molecule has 16 heavy (non-hydrogen) atoms. The summed E-state index contributed by atoms with van der Waals surface area (Å²) in [5.41, 5.74) is 2.31. The monoisotopic (exact) mass is 217 g/mol. The Bertz CT molecular complexity index is 396. The highest BCUT2D eigenvalue weighted by atomic mass is 16.5. The van der Waals surface area contributed by atoms with Crippen LogP contribution in [0.4, 0.5) is 5.69 Å². The van der Waals surface area contributed by atoms with E-state index in [1.54, 1.807) is 7.11 Å². The molecule has 2 nitrogen and oxygen atoms in total. The summed E-state index contributed by atoms with van der Waals surface area (Å²) in [7, 11) is 1.67. The van der Waals surface area contributed by atoms with Crippen molar-refractivity contribution in [2.45, 2.75) is 26.2 Å². The number of benzene rings is 1. The highest BCUT2D eigenvalue weighted by Crippen LogP contribution is 2.31. The summed E-state index contributed by atoms with van der Waals surface area (Å²) in [5, 5.41) is 3.13. The molecule has 0 aliphatic rings. The molecular weight excluding hydrogens is 198 g/mol. The van der Waals surface area contributed by atoms with Gasteiger partial charge in [-0.1, -0.05) is 32.8 Å². The Labute approximate surface area is 98.0 Å². The van der Waals surface area contributed by atoms with Gasteiger partial charge in [-0.3, -0.25) is 0 Å². The van der Waals surface area contributed by atoms with Gasteiger partial charge in [0.1, 0.15) is 5.75 Å². The van der Waals surface area contributed by atoms with Gasteiger partial charge in [0, 0.05) is 0 Å². The first-order valence-corrected chi connectivity index (χ1v) is 5.35. The summed E-state index contributed by atoms with van der Waals surface area (Å²) >= 11 is 0. The first kappa shape index (κ1) is 12.4. The van der Waals surface area contributed by atoms with Crippen LogP contribution in [0.3, 0.4) is 0 Å². The van der Waals surface area contributed by atoms with Gasteiger partial charge < -0.3 is 10.1 Å². The average molecular weight is 217 g/mol. The molecule has 0 aliphatic carbocycles. The third-order valence-corrected chi connectivity index (χ3v) is 2.45. The zero-order chi connectivity index (χ0) is 12.2. The van der Waals surface area contributed by atoms with Gasteiger partial charge in [0.15, 0.2) is 0 Å². The van der Waals surface area contributed by atoms with E-state index in [4.69, 9.17) is 11.2 Å². The fourth-order valence-corrected chi connectivity index (χ4v) is 1.45. The van der Waals surface area contributed by atoms with Gasteiger partial charge in [-0.15, -0.1) is 6.42 Å². The molecule has 1 aromatic rings. The summed E-state index contributed by atoms with van der Waals surface area (Å²) in [6.07, 6.45) is 5.21. The number of hydrogen-bond donors (Lipinski definition) is 1. The summed E-state index contributed by atoms with van der Waals surface area (Å²) in [6, 6.07) is 6.16. The number of terminal acetylenes is 1. The van der Waals surface area contributed by atoms with Crippen LogP contribution in [0.5, 0.6) is 5.75 Å². The second kappa shape index (κ2) is 4.94. The Hall–Kier alpha value is -1.62. The molecule has 0 aromatic heterocycles. The molecule has 0 saturated heterocycles. The zero-order valence-electron chi connectivity index (χ0n) is 10.4. The maximum absolute atomic E-state index is 5.35. The van der Waals surface area contributed by atoms with Crippen molar-refractivity contribution in [3.05, 3.63) is 23.8 Å². The lowest BCUT2D eigenvalue weighted by Gasteiger charge is -2.21.